The van der Waals surface area contributed by atoms with Gasteiger partial charge in [-0.15, -0.1) is 0 Å². The van der Waals surface area contributed by atoms with Gasteiger partial charge in [0, 0.05) is 12.1 Å². The molecule has 6 heteroatoms. The Morgan fingerprint density at radius 1 is 1.38 bits per heavy atom. The van der Waals surface area contributed by atoms with Gasteiger partial charge in [0.15, 0.2) is 0 Å². The lowest BCUT2D eigenvalue weighted by Gasteiger charge is -2.02. The van der Waals surface area contributed by atoms with Gasteiger partial charge >= 0.3 is 0 Å². The summed E-state index contributed by atoms with van der Waals surface area (Å²) in [5, 5.41) is 14.7. The van der Waals surface area contributed by atoms with E-state index < -0.39 is 4.92 Å². The predicted molar refractivity (Wildman–Crippen MR) is 62.7 cm³/mol. The SMILES string of the molecule is Cc1cc(Br)n(-c2ccc([N+](=O)[O-])cc2)n1. The van der Waals surface area contributed by atoms with Crippen molar-refractivity contribution in [1.29, 1.82) is 0 Å². The number of hydrogen-bond acceptors (Lipinski definition) is 3. The minimum atomic E-state index is -0.423. The largest absolute Gasteiger partial charge is 0.269 e. The van der Waals surface area contributed by atoms with Crippen molar-refractivity contribution in [3.8, 4) is 5.69 Å². The molecule has 0 radical (unpaired) electrons. The highest BCUT2D eigenvalue weighted by molar-refractivity contribution is 9.10. The third-order valence-corrected chi connectivity index (χ3v) is 2.66. The van der Waals surface area contributed by atoms with Gasteiger partial charge in [0.1, 0.15) is 4.60 Å². The van der Waals surface area contributed by atoms with Crippen LogP contribution >= 0.6 is 15.9 Å². The Bertz CT molecular complexity index is 533. The second-order valence-electron chi connectivity index (χ2n) is 3.29. The molecule has 1 aromatic heterocycles. The number of non-ortho nitro benzene ring substituents is 1. The molecule has 0 spiro atoms. The third-order valence-electron chi connectivity index (χ3n) is 2.09. The highest BCUT2D eigenvalue weighted by atomic mass is 79.9. The molecular weight excluding hydrogens is 274 g/mol. The van der Waals surface area contributed by atoms with Gasteiger partial charge in [-0.1, -0.05) is 0 Å². The Hall–Kier alpha value is -1.69. The topological polar surface area (TPSA) is 61.0 Å². The smallest absolute Gasteiger partial charge is 0.258 e. The van der Waals surface area contributed by atoms with Crippen LogP contribution in [0.15, 0.2) is 34.9 Å². The van der Waals surface area contributed by atoms with E-state index in [9.17, 15) is 10.1 Å². The normalized spacial score (nSPS) is 10.4. The second kappa shape index (κ2) is 4.05. The van der Waals surface area contributed by atoms with Crippen LogP contribution in [0.3, 0.4) is 0 Å². The lowest BCUT2D eigenvalue weighted by Crippen LogP contribution is -1.97. The summed E-state index contributed by atoms with van der Waals surface area (Å²) in [5.74, 6) is 0. The summed E-state index contributed by atoms with van der Waals surface area (Å²) in [7, 11) is 0. The molecule has 0 fully saturated rings. The van der Waals surface area contributed by atoms with E-state index in [0.717, 1.165) is 16.0 Å². The van der Waals surface area contributed by atoms with E-state index in [2.05, 4.69) is 21.0 Å². The maximum Gasteiger partial charge on any atom is 0.269 e. The van der Waals surface area contributed by atoms with Gasteiger partial charge in [-0.05, 0) is 41.1 Å². The van der Waals surface area contributed by atoms with Crippen LogP contribution in [0.2, 0.25) is 0 Å². The molecule has 0 unspecified atom stereocenters. The highest BCUT2D eigenvalue weighted by Gasteiger charge is 2.08. The molecule has 82 valence electrons. The van der Waals surface area contributed by atoms with Crippen LogP contribution in [-0.4, -0.2) is 14.7 Å². The monoisotopic (exact) mass is 281 g/mol. The molecule has 0 aliphatic heterocycles. The fraction of sp³-hybridized carbons (Fsp3) is 0.100. The summed E-state index contributed by atoms with van der Waals surface area (Å²) in [6, 6.07) is 8.11. The molecule has 0 bridgehead atoms. The molecule has 16 heavy (non-hydrogen) atoms. The number of nitrogens with zero attached hydrogens (tertiary/aromatic N) is 3. The summed E-state index contributed by atoms with van der Waals surface area (Å²) >= 11 is 3.37. The van der Waals surface area contributed by atoms with E-state index in [1.165, 1.54) is 12.1 Å². The summed E-state index contributed by atoms with van der Waals surface area (Å²) in [6.45, 7) is 1.88. The molecular formula is C10H8BrN3O2. The molecule has 0 amide bonds. The summed E-state index contributed by atoms with van der Waals surface area (Å²) < 4.78 is 2.50. The number of aromatic nitrogens is 2. The zero-order chi connectivity index (χ0) is 11.7. The van der Waals surface area contributed by atoms with Crippen LogP contribution in [0.25, 0.3) is 5.69 Å². The van der Waals surface area contributed by atoms with E-state index in [-0.39, 0.29) is 5.69 Å². The van der Waals surface area contributed by atoms with Crippen LogP contribution in [0.5, 0.6) is 0 Å². The van der Waals surface area contributed by atoms with Crippen molar-refractivity contribution in [3.63, 3.8) is 0 Å². The van der Waals surface area contributed by atoms with Crippen molar-refractivity contribution in [3.05, 3.63) is 50.7 Å². The maximum absolute atomic E-state index is 10.5. The zero-order valence-corrected chi connectivity index (χ0v) is 10.0. The van der Waals surface area contributed by atoms with Gasteiger partial charge in [0.25, 0.3) is 5.69 Å². The number of halogens is 1. The Morgan fingerprint density at radius 3 is 2.44 bits per heavy atom. The molecule has 5 nitrogen and oxygen atoms in total. The van der Waals surface area contributed by atoms with Crippen molar-refractivity contribution in [2.24, 2.45) is 0 Å². The molecule has 0 atom stereocenters. The van der Waals surface area contributed by atoms with E-state index in [1.54, 1.807) is 16.8 Å². The van der Waals surface area contributed by atoms with Crippen LogP contribution in [-0.2, 0) is 0 Å². The first-order chi connectivity index (χ1) is 7.58. The van der Waals surface area contributed by atoms with E-state index >= 15 is 0 Å². The maximum atomic E-state index is 10.5. The van der Waals surface area contributed by atoms with Crippen molar-refractivity contribution in [1.82, 2.24) is 9.78 Å². The molecule has 1 heterocycles. The Labute approximate surface area is 100.0 Å². The molecule has 1 aromatic carbocycles. The molecule has 0 N–H and O–H groups in total. The lowest BCUT2D eigenvalue weighted by molar-refractivity contribution is -0.384. The highest BCUT2D eigenvalue weighted by Crippen LogP contribution is 2.20. The number of rotatable bonds is 2. The fourth-order valence-corrected chi connectivity index (χ4v) is 1.98. The Balaban J connectivity index is 2.42. The van der Waals surface area contributed by atoms with Crippen molar-refractivity contribution in [2.75, 3.05) is 0 Å². The minimum Gasteiger partial charge on any atom is -0.258 e. The molecule has 0 aliphatic rings. The first kappa shape index (κ1) is 10.8. The zero-order valence-electron chi connectivity index (χ0n) is 8.42. The molecule has 2 rings (SSSR count). The van der Waals surface area contributed by atoms with Crippen LogP contribution in [0, 0.1) is 17.0 Å². The van der Waals surface area contributed by atoms with Gasteiger partial charge in [0.05, 0.1) is 16.3 Å². The van der Waals surface area contributed by atoms with Crippen LogP contribution in [0.1, 0.15) is 5.69 Å². The van der Waals surface area contributed by atoms with Crippen molar-refractivity contribution >= 4 is 21.6 Å². The van der Waals surface area contributed by atoms with E-state index in [4.69, 9.17) is 0 Å². The number of nitro benzene ring substituents is 1. The number of hydrogen-bond donors (Lipinski definition) is 0. The van der Waals surface area contributed by atoms with Crippen LogP contribution in [0.4, 0.5) is 5.69 Å². The lowest BCUT2D eigenvalue weighted by atomic mass is 10.3. The van der Waals surface area contributed by atoms with Crippen molar-refractivity contribution in [2.45, 2.75) is 6.92 Å². The standard InChI is InChI=1S/C10H8BrN3O2/c1-7-6-10(11)13(12-7)8-2-4-9(5-3-8)14(15)16/h2-6H,1H3. The van der Waals surface area contributed by atoms with E-state index in [0.29, 0.717) is 0 Å². The molecule has 2 aromatic rings. The minimum absolute atomic E-state index is 0.0729. The molecule has 0 saturated heterocycles. The third kappa shape index (κ3) is 1.96. The van der Waals surface area contributed by atoms with Gasteiger partial charge < -0.3 is 0 Å². The molecule has 0 aliphatic carbocycles. The van der Waals surface area contributed by atoms with E-state index in [1.807, 2.05) is 13.0 Å². The van der Waals surface area contributed by atoms with Gasteiger partial charge in [-0.3, -0.25) is 10.1 Å². The second-order valence-corrected chi connectivity index (χ2v) is 4.11. The number of benzene rings is 1. The molecule has 0 saturated carbocycles. The summed E-state index contributed by atoms with van der Waals surface area (Å²) in [5.41, 5.74) is 1.74. The first-order valence-electron chi connectivity index (χ1n) is 4.55. The Kier molecular flexibility index (Phi) is 2.74. The van der Waals surface area contributed by atoms with Crippen molar-refractivity contribution < 1.29 is 4.92 Å². The average molecular weight is 282 g/mol. The van der Waals surface area contributed by atoms with Gasteiger partial charge in [0.2, 0.25) is 0 Å². The fourth-order valence-electron chi connectivity index (χ4n) is 1.36. The number of aryl methyl sites for hydroxylation is 1. The quantitative estimate of drug-likeness (QED) is 0.628. The van der Waals surface area contributed by atoms with Gasteiger partial charge in [-0.2, -0.15) is 5.10 Å². The average Bonchev–Trinajstić information content (AvgIpc) is 2.58. The number of nitro groups is 1. The summed E-state index contributed by atoms with van der Waals surface area (Å²) in [6.07, 6.45) is 0. The Morgan fingerprint density at radius 2 is 2.00 bits per heavy atom. The predicted octanol–water partition coefficient (Wildman–Crippen LogP) is 2.85. The van der Waals surface area contributed by atoms with Crippen LogP contribution < -0.4 is 0 Å². The summed E-state index contributed by atoms with van der Waals surface area (Å²) in [4.78, 5) is 10.1. The van der Waals surface area contributed by atoms with Gasteiger partial charge in [-0.25, -0.2) is 4.68 Å². The first-order valence-corrected chi connectivity index (χ1v) is 5.34.